The quantitative estimate of drug-likeness (QED) is 0.412. The molecular formula is C21H18ClFN4O3S. The van der Waals surface area contributed by atoms with E-state index in [2.05, 4.69) is 15.5 Å². The summed E-state index contributed by atoms with van der Waals surface area (Å²) in [5.41, 5.74) is 2.91. The molecular weight excluding hydrogens is 443 g/mol. The maximum atomic E-state index is 14.2. The molecule has 3 rings (SSSR count). The van der Waals surface area contributed by atoms with Crippen LogP contribution < -0.4 is 5.43 Å². The predicted octanol–water partition coefficient (Wildman–Crippen LogP) is 3.22. The van der Waals surface area contributed by atoms with E-state index in [0.717, 1.165) is 4.31 Å². The topological polar surface area (TPSA) is 91.7 Å². The second-order valence-electron chi connectivity index (χ2n) is 6.37. The normalized spacial score (nSPS) is 11.7. The third-order valence-electron chi connectivity index (χ3n) is 4.15. The van der Waals surface area contributed by atoms with Gasteiger partial charge in [0.05, 0.1) is 23.3 Å². The van der Waals surface area contributed by atoms with Gasteiger partial charge in [-0.25, -0.2) is 18.2 Å². The molecule has 0 atom stereocenters. The Morgan fingerprint density at radius 1 is 1.10 bits per heavy atom. The van der Waals surface area contributed by atoms with Crippen LogP contribution in [-0.4, -0.2) is 36.4 Å². The zero-order chi connectivity index (χ0) is 22.3. The lowest BCUT2D eigenvalue weighted by Gasteiger charge is -2.21. The van der Waals surface area contributed by atoms with Crippen LogP contribution in [0.5, 0.6) is 0 Å². The van der Waals surface area contributed by atoms with Crippen molar-refractivity contribution in [1.29, 1.82) is 0 Å². The molecule has 0 aliphatic carbocycles. The van der Waals surface area contributed by atoms with Gasteiger partial charge in [-0.3, -0.25) is 9.78 Å². The van der Waals surface area contributed by atoms with E-state index in [1.807, 2.05) is 0 Å². The number of nitrogens with zero attached hydrogens (tertiary/aromatic N) is 3. The van der Waals surface area contributed by atoms with Gasteiger partial charge in [0.2, 0.25) is 10.0 Å². The summed E-state index contributed by atoms with van der Waals surface area (Å²) in [5.74, 6) is -1.27. The number of benzene rings is 2. The molecule has 0 aliphatic rings. The first-order chi connectivity index (χ1) is 14.9. The zero-order valence-electron chi connectivity index (χ0n) is 16.2. The number of halogens is 2. The van der Waals surface area contributed by atoms with Gasteiger partial charge in [-0.05, 0) is 42.5 Å². The Morgan fingerprint density at radius 3 is 2.48 bits per heavy atom. The van der Waals surface area contributed by atoms with E-state index in [1.165, 1.54) is 48.7 Å². The lowest BCUT2D eigenvalue weighted by atomic mass is 10.2. The highest BCUT2D eigenvalue weighted by Gasteiger charge is 2.27. The Balaban J connectivity index is 1.81. The van der Waals surface area contributed by atoms with E-state index in [9.17, 15) is 17.6 Å². The van der Waals surface area contributed by atoms with Gasteiger partial charge in [-0.15, -0.1) is 0 Å². The van der Waals surface area contributed by atoms with Crippen LogP contribution in [0.2, 0.25) is 5.02 Å². The summed E-state index contributed by atoms with van der Waals surface area (Å²) in [6.07, 6.45) is 2.89. The highest BCUT2D eigenvalue weighted by atomic mass is 35.5. The molecule has 0 bridgehead atoms. The molecule has 160 valence electrons. The minimum Gasteiger partial charge on any atom is -0.272 e. The Hall–Kier alpha value is -3.14. The number of rotatable bonds is 8. The lowest BCUT2D eigenvalue weighted by molar-refractivity contribution is -0.121. The van der Waals surface area contributed by atoms with Gasteiger partial charge in [0.1, 0.15) is 5.82 Å². The Labute approximate surface area is 184 Å². The van der Waals surface area contributed by atoms with Crippen molar-refractivity contribution in [3.05, 3.63) is 95.0 Å². The van der Waals surface area contributed by atoms with E-state index in [0.29, 0.717) is 10.7 Å². The summed E-state index contributed by atoms with van der Waals surface area (Å²) in [4.78, 5) is 16.3. The highest BCUT2D eigenvalue weighted by Crippen LogP contribution is 2.21. The molecule has 10 heteroatoms. The molecule has 0 fully saturated rings. The standard InChI is InChI=1S/C21H18ClFN4O3S/c22-17-8-10-19(11-9-17)31(29,30)27(14-16-5-1-2-7-20(16)23)15-21(28)26-25-13-18-6-3-4-12-24-18/h1-13H,14-15H2,(H,26,28)/b25-13+. The average molecular weight is 461 g/mol. The van der Waals surface area contributed by atoms with E-state index in [1.54, 1.807) is 30.5 Å². The molecule has 0 radical (unpaired) electrons. The number of carbonyl (C=O) groups excluding carboxylic acids is 1. The second-order valence-corrected chi connectivity index (χ2v) is 8.74. The van der Waals surface area contributed by atoms with Crippen molar-refractivity contribution in [3.63, 3.8) is 0 Å². The van der Waals surface area contributed by atoms with Crippen LogP contribution in [0.1, 0.15) is 11.3 Å². The lowest BCUT2D eigenvalue weighted by Crippen LogP contribution is -2.39. The first kappa shape index (κ1) is 22.5. The minimum atomic E-state index is -4.12. The Morgan fingerprint density at radius 2 is 1.81 bits per heavy atom. The van der Waals surface area contributed by atoms with Crippen molar-refractivity contribution in [2.45, 2.75) is 11.4 Å². The molecule has 7 nitrogen and oxygen atoms in total. The SMILES string of the molecule is O=C(CN(Cc1ccccc1F)S(=O)(=O)c1ccc(Cl)cc1)N/N=C/c1ccccn1. The highest BCUT2D eigenvalue weighted by molar-refractivity contribution is 7.89. The van der Waals surface area contributed by atoms with Crippen LogP contribution in [0.3, 0.4) is 0 Å². The van der Waals surface area contributed by atoms with Crippen molar-refractivity contribution in [3.8, 4) is 0 Å². The van der Waals surface area contributed by atoms with Crippen LogP contribution in [0, 0.1) is 5.82 Å². The van der Waals surface area contributed by atoms with Gasteiger partial charge in [0.15, 0.2) is 0 Å². The number of hydrogen-bond acceptors (Lipinski definition) is 5. The number of carbonyl (C=O) groups is 1. The van der Waals surface area contributed by atoms with Gasteiger partial charge in [-0.2, -0.15) is 9.41 Å². The third-order valence-corrected chi connectivity index (χ3v) is 6.21. The summed E-state index contributed by atoms with van der Waals surface area (Å²) in [6, 6.07) is 16.4. The number of amides is 1. The fourth-order valence-electron chi connectivity index (χ4n) is 2.62. The van der Waals surface area contributed by atoms with Crippen LogP contribution in [0.4, 0.5) is 4.39 Å². The maximum absolute atomic E-state index is 14.2. The van der Waals surface area contributed by atoms with Gasteiger partial charge < -0.3 is 0 Å². The van der Waals surface area contributed by atoms with Crippen LogP contribution in [0.25, 0.3) is 0 Å². The van der Waals surface area contributed by atoms with E-state index >= 15 is 0 Å². The summed E-state index contributed by atoms with van der Waals surface area (Å²) in [5, 5.41) is 4.15. The number of aromatic nitrogens is 1. The van der Waals surface area contributed by atoms with E-state index in [4.69, 9.17) is 11.6 Å². The van der Waals surface area contributed by atoms with Gasteiger partial charge >= 0.3 is 0 Å². The van der Waals surface area contributed by atoms with Gasteiger partial charge in [-0.1, -0.05) is 35.9 Å². The monoisotopic (exact) mass is 460 g/mol. The third kappa shape index (κ3) is 6.17. The van der Waals surface area contributed by atoms with Crippen LogP contribution >= 0.6 is 11.6 Å². The zero-order valence-corrected chi connectivity index (χ0v) is 17.7. The number of sulfonamides is 1. The van der Waals surface area contributed by atoms with Crippen molar-refractivity contribution in [2.75, 3.05) is 6.54 Å². The summed E-state index contributed by atoms with van der Waals surface area (Å²) < 4.78 is 41.3. The first-order valence-electron chi connectivity index (χ1n) is 9.08. The Kier molecular flexibility index (Phi) is 7.45. The molecule has 1 heterocycles. The molecule has 1 aromatic heterocycles. The largest absolute Gasteiger partial charge is 0.272 e. The molecule has 0 aliphatic heterocycles. The van der Waals surface area contributed by atoms with Crippen molar-refractivity contribution in [1.82, 2.24) is 14.7 Å². The van der Waals surface area contributed by atoms with Crippen LogP contribution in [-0.2, 0) is 21.4 Å². The average Bonchev–Trinajstić information content (AvgIpc) is 2.76. The summed E-state index contributed by atoms with van der Waals surface area (Å²) in [6.45, 7) is -0.909. The number of nitrogens with one attached hydrogen (secondary N) is 1. The van der Waals surface area contributed by atoms with Crippen molar-refractivity contribution < 1.29 is 17.6 Å². The van der Waals surface area contributed by atoms with Crippen molar-refractivity contribution >= 4 is 33.7 Å². The molecule has 3 aromatic rings. The molecule has 1 amide bonds. The molecule has 1 N–H and O–H groups in total. The second kappa shape index (κ2) is 10.3. The number of hydrazone groups is 1. The fourth-order valence-corrected chi connectivity index (χ4v) is 4.12. The summed E-state index contributed by atoms with van der Waals surface area (Å²) in [7, 11) is -4.12. The first-order valence-corrected chi connectivity index (χ1v) is 10.9. The molecule has 0 saturated carbocycles. The number of hydrogen-bond donors (Lipinski definition) is 1. The molecule has 2 aromatic carbocycles. The predicted molar refractivity (Wildman–Crippen MR) is 115 cm³/mol. The molecule has 0 unspecified atom stereocenters. The van der Waals surface area contributed by atoms with Crippen LogP contribution in [0.15, 0.2) is 82.9 Å². The van der Waals surface area contributed by atoms with E-state index < -0.39 is 28.3 Å². The van der Waals surface area contributed by atoms with Gasteiger partial charge in [0.25, 0.3) is 5.91 Å². The van der Waals surface area contributed by atoms with Gasteiger partial charge in [0, 0.05) is 23.3 Å². The smallest absolute Gasteiger partial charge is 0.255 e. The summed E-state index contributed by atoms with van der Waals surface area (Å²) >= 11 is 5.84. The molecule has 31 heavy (non-hydrogen) atoms. The molecule has 0 saturated heterocycles. The Bertz CT molecular complexity index is 1170. The molecule has 0 spiro atoms. The number of pyridine rings is 1. The minimum absolute atomic E-state index is 0.0713. The maximum Gasteiger partial charge on any atom is 0.255 e. The van der Waals surface area contributed by atoms with E-state index in [-0.39, 0.29) is 17.0 Å². The van der Waals surface area contributed by atoms with Crippen molar-refractivity contribution in [2.24, 2.45) is 5.10 Å². The fraction of sp³-hybridized carbons (Fsp3) is 0.0952.